The zero-order valence-corrected chi connectivity index (χ0v) is 10.8. The smallest absolute Gasteiger partial charge is 0.196 e. The molecule has 0 radical (unpaired) electrons. The Hall–Kier alpha value is -1.17. The van der Waals surface area contributed by atoms with Crippen LogP contribution in [0.25, 0.3) is 0 Å². The maximum absolute atomic E-state index is 13.5. The summed E-state index contributed by atoms with van der Waals surface area (Å²) in [5.74, 6) is -3.88. The summed E-state index contributed by atoms with van der Waals surface area (Å²) in [5, 5.41) is 3.60. The summed E-state index contributed by atoms with van der Waals surface area (Å²) in [6.07, 6.45) is 0.941. The molecule has 2 rings (SSSR count). The van der Waals surface area contributed by atoms with Gasteiger partial charge < -0.3 is 5.32 Å². The fourth-order valence-electron chi connectivity index (χ4n) is 1.80. The molecule has 0 spiro atoms. The molecule has 0 bridgehead atoms. The van der Waals surface area contributed by atoms with Crippen molar-refractivity contribution in [1.29, 1.82) is 0 Å². The van der Waals surface area contributed by atoms with Gasteiger partial charge in [-0.25, -0.2) is 13.2 Å². The standard InChI is InChI=1S/C12H13F3N2S/c1-6-5-7(2)18-12(16-6)17-9-4-3-8(13)10(14)11(9)15/h3-4,6-7H,5H2,1-2H3,(H,16,17). The topological polar surface area (TPSA) is 24.4 Å². The van der Waals surface area contributed by atoms with Crippen LogP contribution >= 0.6 is 11.8 Å². The highest BCUT2D eigenvalue weighted by Crippen LogP contribution is 2.27. The van der Waals surface area contributed by atoms with E-state index in [1.54, 1.807) is 0 Å². The van der Waals surface area contributed by atoms with Crippen molar-refractivity contribution >= 4 is 22.6 Å². The third-order valence-electron chi connectivity index (χ3n) is 2.60. The number of nitrogens with zero attached hydrogens (tertiary/aromatic N) is 1. The highest BCUT2D eigenvalue weighted by Gasteiger charge is 2.20. The van der Waals surface area contributed by atoms with Gasteiger partial charge in [-0.15, -0.1) is 0 Å². The Labute approximate surface area is 108 Å². The van der Waals surface area contributed by atoms with Gasteiger partial charge in [-0.3, -0.25) is 4.99 Å². The van der Waals surface area contributed by atoms with Crippen molar-refractivity contribution in [3.05, 3.63) is 29.6 Å². The molecule has 0 aromatic heterocycles. The second-order valence-corrected chi connectivity index (χ2v) is 5.72. The number of amidine groups is 1. The van der Waals surface area contributed by atoms with Crippen molar-refractivity contribution < 1.29 is 13.2 Å². The molecule has 1 aromatic rings. The molecule has 1 aliphatic heterocycles. The van der Waals surface area contributed by atoms with Crippen LogP contribution in [0.1, 0.15) is 20.3 Å². The maximum Gasteiger partial charge on any atom is 0.196 e. The highest BCUT2D eigenvalue weighted by atomic mass is 32.2. The first-order valence-corrected chi connectivity index (χ1v) is 6.50. The van der Waals surface area contributed by atoms with E-state index in [1.807, 2.05) is 13.8 Å². The van der Waals surface area contributed by atoms with Crippen molar-refractivity contribution in [2.24, 2.45) is 4.99 Å². The van der Waals surface area contributed by atoms with E-state index in [4.69, 9.17) is 0 Å². The number of hydrogen-bond donors (Lipinski definition) is 1. The van der Waals surface area contributed by atoms with E-state index in [0.29, 0.717) is 10.4 Å². The molecule has 2 nitrogen and oxygen atoms in total. The summed E-state index contributed by atoms with van der Waals surface area (Å²) >= 11 is 1.46. The van der Waals surface area contributed by atoms with Crippen molar-refractivity contribution in [1.82, 2.24) is 0 Å². The highest BCUT2D eigenvalue weighted by molar-refractivity contribution is 8.14. The van der Waals surface area contributed by atoms with Gasteiger partial charge in [-0.1, -0.05) is 18.7 Å². The predicted molar refractivity (Wildman–Crippen MR) is 68.5 cm³/mol. The summed E-state index contributed by atoms with van der Waals surface area (Å²) in [6.45, 7) is 4.00. The number of hydrogen-bond acceptors (Lipinski definition) is 3. The van der Waals surface area contributed by atoms with E-state index in [1.165, 1.54) is 17.8 Å². The lowest BCUT2D eigenvalue weighted by Crippen LogP contribution is -2.23. The van der Waals surface area contributed by atoms with E-state index >= 15 is 0 Å². The van der Waals surface area contributed by atoms with Gasteiger partial charge in [0.1, 0.15) is 0 Å². The molecular weight excluding hydrogens is 261 g/mol. The Kier molecular flexibility index (Phi) is 3.85. The summed E-state index contributed by atoms with van der Waals surface area (Å²) in [5.41, 5.74) is -0.0959. The summed E-state index contributed by atoms with van der Waals surface area (Å²) in [6, 6.07) is 2.19. The summed E-state index contributed by atoms with van der Waals surface area (Å²) in [4.78, 5) is 4.31. The van der Waals surface area contributed by atoms with Gasteiger partial charge in [0.05, 0.1) is 11.7 Å². The first-order chi connectivity index (χ1) is 8.47. The van der Waals surface area contributed by atoms with Gasteiger partial charge in [-0.05, 0) is 25.5 Å². The molecule has 1 aliphatic rings. The van der Waals surface area contributed by atoms with Crippen molar-refractivity contribution in [3.63, 3.8) is 0 Å². The lowest BCUT2D eigenvalue weighted by molar-refractivity contribution is 0.449. The van der Waals surface area contributed by atoms with Gasteiger partial charge in [0, 0.05) is 5.25 Å². The molecule has 18 heavy (non-hydrogen) atoms. The van der Waals surface area contributed by atoms with Gasteiger partial charge in [-0.2, -0.15) is 0 Å². The molecule has 6 heteroatoms. The Morgan fingerprint density at radius 3 is 2.61 bits per heavy atom. The van der Waals surface area contributed by atoms with Crippen LogP contribution in [-0.4, -0.2) is 16.5 Å². The average Bonchev–Trinajstić information content (AvgIpc) is 2.29. The zero-order chi connectivity index (χ0) is 13.3. The molecule has 1 heterocycles. The van der Waals surface area contributed by atoms with Gasteiger partial charge in [0.2, 0.25) is 0 Å². The monoisotopic (exact) mass is 274 g/mol. The van der Waals surface area contributed by atoms with Crippen LogP contribution < -0.4 is 5.32 Å². The van der Waals surface area contributed by atoms with Crippen LogP contribution in [0.5, 0.6) is 0 Å². The third kappa shape index (κ3) is 2.80. The SMILES string of the molecule is CC1CC(C)SC(Nc2ccc(F)c(F)c2F)=N1. The van der Waals surface area contributed by atoms with Crippen LogP contribution in [0.2, 0.25) is 0 Å². The molecule has 1 aromatic carbocycles. The summed E-state index contributed by atoms with van der Waals surface area (Å²) in [7, 11) is 0. The number of aliphatic imine (C=N–C) groups is 1. The second kappa shape index (κ2) is 5.22. The van der Waals surface area contributed by atoms with Gasteiger partial charge in [0.25, 0.3) is 0 Å². The normalized spacial score (nSPS) is 23.7. The maximum atomic E-state index is 13.5. The summed E-state index contributed by atoms with van der Waals surface area (Å²) < 4.78 is 39.3. The molecule has 0 amide bonds. The average molecular weight is 274 g/mol. The second-order valence-electron chi connectivity index (χ2n) is 4.30. The fraction of sp³-hybridized carbons (Fsp3) is 0.417. The van der Waals surface area contributed by atoms with Crippen molar-refractivity contribution in [2.45, 2.75) is 31.6 Å². The minimum Gasteiger partial charge on any atom is -0.332 e. The number of thioether (sulfide) groups is 1. The molecule has 0 saturated heterocycles. The van der Waals surface area contributed by atoms with E-state index in [0.717, 1.165) is 12.5 Å². The lowest BCUT2D eigenvalue weighted by atomic mass is 10.2. The number of nitrogens with one attached hydrogen (secondary N) is 1. The number of halogens is 3. The van der Waals surface area contributed by atoms with Gasteiger partial charge in [0.15, 0.2) is 22.6 Å². The Bertz CT molecular complexity index is 490. The Morgan fingerprint density at radius 2 is 1.94 bits per heavy atom. The van der Waals surface area contributed by atoms with E-state index in [9.17, 15) is 13.2 Å². The van der Waals surface area contributed by atoms with E-state index in [-0.39, 0.29) is 11.7 Å². The van der Waals surface area contributed by atoms with Crippen LogP contribution in [0.3, 0.4) is 0 Å². The van der Waals surface area contributed by atoms with E-state index < -0.39 is 17.5 Å². The number of rotatable bonds is 1. The van der Waals surface area contributed by atoms with Crippen LogP contribution in [-0.2, 0) is 0 Å². The third-order valence-corrected chi connectivity index (χ3v) is 3.63. The first kappa shape index (κ1) is 13.3. The molecule has 2 atom stereocenters. The molecule has 0 saturated carbocycles. The number of benzene rings is 1. The molecule has 0 aliphatic carbocycles. The largest absolute Gasteiger partial charge is 0.332 e. The minimum absolute atomic E-state index is 0.0959. The lowest BCUT2D eigenvalue weighted by Gasteiger charge is -2.23. The van der Waals surface area contributed by atoms with Crippen molar-refractivity contribution in [2.75, 3.05) is 5.32 Å². The van der Waals surface area contributed by atoms with Crippen LogP contribution in [0.4, 0.5) is 18.9 Å². The minimum atomic E-state index is -1.47. The van der Waals surface area contributed by atoms with Gasteiger partial charge >= 0.3 is 0 Å². The molecule has 0 fully saturated rings. The van der Waals surface area contributed by atoms with Crippen LogP contribution in [0.15, 0.2) is 17.1 Å². The molecule has 1 N–H and O–H groups in total. The Balaban J connectivity index is 2.22. The van der Waals surface area contributed by atoms with Crippen LogP contribution in [0, 0.1) is 17.5 Å². The predicted octanol–water partition coefficient (Wildman–Crippen LogP) is 3.79. The van der Waals surface area contributed by atoms with Crippen molar-refractivity contribution in [3.8, 4) is 0 Å². The molecule has 98 valence electrons. The van der Waals surface area contributed by atoms with E-state index in [2.05, 4.69) is 10.3 Å². The quantitative estimate of drug-likeness (QED) is 0.788. The molecule has 2 unspecified atom stereocenters. The zero-order valence-electron chi connectivity index (χ0n) is 10.0. The molecular formula is C12H13F3N2S. The number of anilines is 1. The fourth-order valence-corrected chi connectivity index (χ4v) is 2.97. The Morgan fingerprint density at radius 1 is 1.22 bits per heavy atom. The first-order valence-electron chi connectivity index (χ1n) is 5.62.